The van der Waals surface area contributed by atoms with Gasteiger partial charge < -0.3 is 5.32 Å². The van der Waals surface area contributed by atoms with Crippen molar-refractivity contribution in [3.05, 3.63) is 23.5 Å². The van der Waals surface area contributed by atoms with E-state index >= 15 is 0 Å². The lowest BCUT2D eigenvalue weighted by Gasteiger charge is -2.23. The molecule has 0 radical (unpaired) electrons. The molecule has 0 saturated carbocycles. The molecule has 0 atom stereocenters. The van der Waals surface area contributed by atoms with Crippen LogP contribution in [-0.2, 0) is 0 Å². The summed E-state index contributed by atoms with van der Waals surface area (Å²) in [6.07, 6.45) is 0.749. The largest absolute Gasteiger partial charge is 0.379 e. The lowest BCUT2D eigenvalue weighted by Crippen LogP contribution is -2.23. The molecule has 1 heterocycles. The van der Waals surface area contributed by atoms with Crippen LogP contribution in [0.5, 0.6) is 0 Å². The molecule has 1 aromatic heterocycles. The van der Waals surface area contributed by atoms with Gasteiger partial charge in [0.2, 0.25) is 11.6 Å². The Balaban J connectivity index is 2.99. The van der Waals surface area contributed by atoms with Crippen LogP contribution in [0, 0.1) is 28.9 Å². The quantitative estimate of drug-likeness (QED) is 0.653. The van der Waals surface area contributed by atoms with Gasteiger partial charge in [-0.25, -0.2) is 0 Å². The molecule has 1 rings (SSSR count). The van der Waals surface area contributed by atoms with Crippen molar-refractivity contribution in [2.24, 2.45) is 5.41 Å². The summed E-state index contributed by atoms with van der Waals surface area (Å²) in [6, 6.07) is 0. The van der Waals surface area contributed by atoms with Crippen molar-refractivity contribution >= 4 is 5.69 Å². The molecule has 96 valence electrons. The molecule has 1 N–H and O–H groups in total. The van der Waals surface area contributed by atoms with Crippen molar-refractivity contribution in [1.82, 2.24) is 4.98 Å². The molecule has 6 heteroatoms. The van der Waals surface area contributed by atoms with E-state index in [9.17, 15) is 17.6 Å². The van der Waals surface area contributed by atoms with E-state index in [0.29, 0.717) is 0 Å². The minimum atomic E-state index is -1.65. The number of aromatic nitrogens is 1. The summed E-state index contributed by atoms with van der Waals surface area (Å²) in [6.45, 7) is 5.83. The Morgan fingerprint density at radius 2 is 1.53 bits per heavy atom. The SMILES string of the molecule is CCC(C)(C)CNc1c(F)c(F)nc(F)c1F. The zero-order chi connectivity index (χ0) is 13.2. The average Bonchev–Trinajstić information content (AvgIpc) is 2.26. The topological polar surface area (TPSA) is 24.9 Å². The van der Waals surface area contributed by atoms with E-state index in [2.05, 4.69) is 10.3 Å². The zero-order valence-corrected chi connectivity index (χ0v) is 9.87. The molecule has 0 saturated heterocycles. The second-order valence-corrected chi connectivity index (χ2v) is 4.57. The first-order valence-corrected chi connectivity index (χ1v) is 5.22. The average molecular weight is 250 g/mol. The number of anilines is 1. The van der Waals surface area contributed by atoms with Crippen LogP contribution in [0.1, 0.15) is 27.2 Å². The zero-order valence-electron chi connectivity index (χ0n) is 9.87. The van der Waals surface area contributed by atoms with Gasteiger partial charge in [-0.05, 0) is 11.8 Å². The number of hydrogen-bond donors (Lipinski definition) is 1. The first kappa shape index (κ1) is 13.7. The second kappa shape index (κ2) is 4.89. The van der Waals surface area contributed by atoms with Gasteiger partial charge in [0.25, 0.3) is 11.9 Å². The van der Waals surface area contributed by atoms with E-state index in [4.69, 9.17) is 0 Å². The van der Waals surface area contributed by atoms with Crippen molar-refractivity contribution in [3.8, 4) is 0 Å². The molecular weight excluding hydrogens is 236 g/mol. The van der Waals surface area contributed by atoms with Crippen molar-refractivity contribution in [2.45, 2.75) is 27.2 Å². The fraction of sp³-hybridized carbons (Fsp3) is 0.545. The van der Waals surface area contributed by atoms with E-state index < -0.39 is 29.2 Å². The summed E-state index contributed by atoms with van der Waals surface area (Å²) in [7, 11) is 0. The summed E-state index contributed by atoms with van der Waals surface area (Å²) in [5.74, 6) is -6.31. The maximum Gasteiger partial charge on any atom is 0.253 e. The molecule has 0 unspecified atom stereocenters. The standard InChI is InChI=1S/C11H14F4N2/c1-4-11(2,3)5-16-8-6(12)9(14)17-10(15)7(8)13/h4-5H2,1-3H3,(H,16,17). The highest BCUT2D eigenvalue weighted by molar-refractivity contribution is 5.45. The molecule has 2 nitrogen and oxygen atoms in total. The molecule has 0 aliphatic carbocycles. The van der Waals surface area contributed by atoms with Crippen LogP contribution in [0.25, 0.3) is 0 Å². The van der Waals surface area contributed by atoms with E-state index in [1.54, 1.807) is 0 Å². The van der Waals surface area contributed by atoms with E-state index in [1.165, 1.54) is 0 Å². The van der Waals surface area contributed by atoms with Gasteiger partial charge in [-0.15, -0.1) is 0 Å². The van der Waals surface area contributed by atoms with Crippen molar-refractivity contribution in [1.29, 1.82) is 0 Å². The first-order valence-electron chi connectivity index (χ1n) is 5.22. The van der Waals surface area contributed by atoms with E-state index in [1.807, 2.05) is 20.8 Å². The minimum Gasteiger partial charge on any atom is -0.379 e. The number of nitrogens with one attached hydrogen (secondary N) is 1. The summed E-state index contributed by atoms with van der Waals surface area (Å²) in [4.78, 5) is 2.47. The minimum absolute atomic E-state index is 0.195. The van der Waals surface area contributed by atoms with Gasteiger partial charge in [-0.2, -0.15) is 22.5 Å². The van der Waals surface area contributed by atoms with Gasteiger partial charge in [-0.3, -0.25) is 0 Å². The second-order valence-electron chi connectivity index (χ2n) is 4.57. The first-order chi connectivity index (χ1) is 7.78. The predicted molar refractivity (Wildman–Crippen MR) is 56.6 cm³/mol. The van der Waals surface area contributed by atoms with Gasteiger partial charge in [-0.1, -0.05) is 20.8 Å². The third-order valence-corrected chi connectivity index (χ3v) is 2.70. The van der Waals surface area contributed by atoms with Gasteiger partial charge >= 0.3 is 0 Å². The number of halogens is 4. The summed E-state index contributed by atoms with van der Waals surface area (Å²) in [5.41, 5.74) is -1.05. The van der Waals surface area contributed by atoms with E-state index in [0.717, 1.165) is 6.42 Å². The normalized spacial score (nSPS) is 11.7. The molecule has 0 aromatic carbocycles. The summed E-state index contributed by atoms with van der Waals surface area (Å²) >= 11 is 0. The molecule has 0 amide bonds. The Bertz CT molecular complexity index is 392. The highest BCUT2D eigenvalue weighted by atomic mass is 19.2. The van der Waals surface area contributed by atoms with Gasteiger partial charge in [0.1, 0.15) is 5.69 Å². The smallest absolute Gasteiger partial charge is 0.253 e. The van der Waals surface area contributed by atoms with Crippen LogP contribution < -0.4 is 5.32 Å². The van der Waals surface area contributed by atoms with Crippen LogP contribution >= 0.6 is 0 Å². The van der Waals surface area contributed by atoms with Gasteiger partial charge in [0, 0.05) is 6.54 Å². The Kier molecular flexibility index (Phi) is 3.95. The number of rotatable bonds is 4. The maximum absolute atomic E-state index is 13.2. The number of nitrogens with zero attached hydrogens (tertiary/aromatic N) is 1. The Morgan fingerprint density at radius 3 is 1.94 bits per heavy atom. The van der Waals surface area contributed by atoms with Crippen molar-refractivity contribution in [3.63, 3.8) is 0 Å². The van der Waals surface area contributed by atoms with Crippen LogP contribution in [0.15, 0.2) is 0 Å². The van der Waals surface area contributed by atoms with Crippen LogP contribution in [0.4, 0.5) is 23.2 Å². The molecule has 17 heavy (non-hydrogen) atoms. The molecule has 0 spiro atoms. The number of pyridine rings is 1. The monoisotopic (exact) mass is 250 g/mol. The van der Waals surface area contributed by atoms with Gasteiger partial charge in [0.15, 0.2) is 0 Å². The Labute approximate surface area is 97.1 Å². The predicted octanol–water partition coefficient (Wildman–Crippen LogP) is 3.49. The lowest BCUT2D eigenvalue weighted by atomic mass is 9.90. The Morgan fingerprint density at radius 1 is 1.06 bits per heavy atom. The molecule has 0 fully saturated rings. The molecule has 1 aromatic rings. The third kappa shape index (κ3) is 3.08. The van der Waals surface area contributed by atoms with E-state index in [-0.39, 0.29) is 12.0 Å². The molecule has 0 aliphatic heterocycles. The Hall–Kier alpha value is -1.33. The fourth-order valence-electron chi connectivity index (χ4n) is 1.09. The van der Waals surface area contributed by atoms with Crippen molar-refractivity contribution < 1.29 is 17.6 Å². The van der Waals surface area contributed by atoms with Crippen molar-refractivity contribution in [2.75, 3.05) is 11.9 Å². The van der Waals surface area contributed by atoms with Crippen LogP contribution in [0.2, 0.25) is 0 Å². The molecular formula is C11H14F4N2. The summed E-state index contributed by atoms with van der Waals surface area (Å²) < 4.78 is 52.0. The highest BCUT2D eigenvalue weighted by Gasteiger charge is 2.23. The highest BCUT2D eigenvalue weighted by Crippen LogP contribution is 2.25. The van der Waals surface area contributed by atoms with Crippen LogP contribution in [0.3, 0.4) is 0 Å². The van der Waals surface area contributed by atoms with Crippen LogP contribution in [-0.4, -0.2) is 11.5 Å². The fourth-order valence-corrected chi connectivity index (χ4v) is 1.09. The third-order valence-electron chi connectivity index (χ3n) is 2.70. The lowest BCUT2D eigenvalue weighted by molar-refractivity contribution is 0.371. The molecule has 0 aliphatic rings. The number of hydrogen-bond acceptors (Lipinski definition) is 2. The maximum atomic E-state index is 13.2. The van der Waals surface area contributed by atoms with Gasteiger partial charge in [0.05, 0.1) is 0 Å². The summed E-state index contributed by atoms with van der Waals surface area (Å²) in [5, 5.41) is 2.38. The molecule has 0 bridgehead atoms.